The maximum atomic E-state index is 12.2. The summed E-state index contributed by atoms with van der Waals surface area (Å²) in [6.45, 7) is 1.24. The third-order valence-electron chi connectivity index (χ3n) is 3.81. The van der Waals surface area contributed by atoms with Crippen molar-refractivity contribution in [3.8, 4) is 22.2 Å². The van der Waals surface area contributed by atoms with Crippen molar-refractivity contribution in [1.82, 2.24) is 10.1 Å². The molecule has 1 N–H and O–H groups in total. The normalized spacial score (nSPS) is 13.2. The van der Waals surface area contributed by atoms with Gasteiger partial charge in [0.25, 0.3) is 0 Å². The van der Waals surface area contributed by atoms with Crippen molar-refractivity contribution in [2.75, 3.05) is 18.5 Å². The number of ether oxygens (including phenoxy) is 2. The fourth-order valence-electron chi connectivity index (χ4n) is 2.55. The van der Waals surface area contributed by atoms with Crippen LogP contribution in [0.3, 0.4) is 0 Å². The van der Waals surface area contributed by atoms with E-state index in [1.54, 1.807) is 23.5 Å². The fraction of sp³-hybridized carbons (Fsp3) is 0.278. The van der Waals surface area contributed by atoms with Crippen molar-refractivity contribution in [3.63, 3.8) is 0 Å². The van der Waals surface area contributed by atoms with Crippen LogP contribution in [-0.2, 0) is 11.2 Å². The smallest absolute Gasteiger partial charge is 0.227 e. The molecule has 0 radical (unpaired) electrons. The molecule has 1 aromatic carbocycles. The number of carbonyl (C=O) groups excluding carboxylic acids is 1. The average molecular weight is 371 g/mol. The van der Waals surface area contributed by atoms with Crippen LogP contribution in [0.5, 0.6) is 11.5 Å². The quantitative estimate of drug-likeness (QED) is 0.738. The number of fused-ring (bicyclic) bond motifs is 1. The number of rotatable bonds is 5. The van der Waals surface area contributed by atoms with Gasteiger partial charge in [0.15, 0.2) is 11.5 Å². The second kappa shape index (κ2) is 7.57. The molecular formula is C18H17N3O4S. The summed E-state index contributed by atoms with van der Waals surface area (Å²) in [7, 11) is 0. The molecule has 3 aromatic rings. The first kappa shape index (κ1) is 16.6. The van der Waals surface area contributed by atoms with Gasteiger partial charge in [0, 0.05) is 31.0 Å². The van der Waals surface area contributed by atoms with Crippen LogP contribution in [0.1, 0.15) is 18.7 Å². The molecule has 0 saturated carbocycles. The number of aromatic nitrogens is 2. The first-order valence-electron chi connectivity index (χ1n) is 8.34. The van der Waals surface area contributed by atoms with E-state index in [1.165, 1.54) is 0 Å². The Morgan fingerprint density at radius 1 is 1.19 bits per heavy atom. The predicted molar refractivity (Wildman–Crippen MR) is 96.6 cm³/mol. The molecule has 1 aliphatic heterocycles. The minimum atomic E-state index is -0.129. The highest BCUT2D eigenvalue weighted by Crippen LogP contribution is 2.32. The Labute approximate surface area is 153 Å². The van der Waals surface area contributed by atoms with Crippen LogP contribution in [0, 0.1) is 0 Å². The number of carbonyl (C=O) groups is 1. The van der Waals surface area contributed by atoms with Gasteiger partial charge < -0.3 is 19.3 Å². The van der Waals surface area contributed by atoms with Crippen molar-refractivity contribution in [3.05, 3.63) is 41.6 Å². The number of hydrogen-bond acceptors (Lipinski definition) is 7. The second-order valence-electron chi connectivity index (χ2n) is 5.75. The van der Waals surface area contributed by atoms with Gasteiger partial charge in [0.05, 0.1) is 18.1 Å². The molecule has 26 heavy (non-hydrogen) atoms. The molecule has 0 unspecified atom stereocenters. The Kier molecular flexibility index (Phi) is 4.83. The van der Waals surface area contributed by atoms with Gasteiger partial charge >= 0.3 is 0 Å². The van der Waals surface area contributed by atoms with E-state index in [4.69, 9.17) is 14.0 Å². The average Bonchev–Trinajstić information content (AvgIpc) is 3.28. The van der Waals surface area contributed by atoms with Gasteiger partial charge in [-0.15, -0.1) is 11.3 Å². The summed E-state index contributed by atoms with van der Waals surface area (Å²) >= 11 is 1.54. The molecule has 0 spiro atoms. The number of thiophene rings is 1. The van der Waals surface area contributed by atoms with E-state index < -0.39 is 0 Å². The van der Waals surface area contributed by atoms with Crippen molar-refractivity contribution in [2.24, 2.45) is 0 Å². The highest BCUT2D eigenvalue weighted by Gasteiger charge is 2.14. The fourth-order valence-corrected chi connectivity index (χ4v) is 3.20. The number of benzene rings is 1. The number of hydrogen-bond donors (Lipinski definition) is 1. The minimum absolute atomic E-state index is 0.129. The first-order valence-corrected chi connectivity index (χ1v) is 9.22. The number of amides is 1. The topological polar surface area (TPSA) is 86.5 Å². The SMILES string of the molecule is O=C(CCc1nc(-c2cccs2)no1)Nc1ccc2c(c1)OCCCO2. The monoisotopic (exact) mass is 371 g/mol. The molecule has 0 bridgehead atoms. The lowest BCUT2D eigenvalue weighted by Crippen LogP contribution is -2.12. The van der Waals surface area contributed by atoms with Crippen molar-refractivity contribution < 1.29 is 18.8 Å². The van der Waals surface area contributed by atoms with Crippen molar-refractivity contribution in [2.45, 2.75) is 19.3 Å². The summed E-state index contributed by atoms with van der Waals surface area (Å²) in [5, 5.41) is 8.75. The maximum absolute atomic E-state index is 12.2. The molecule has 7 nitrogen and oxygen atoms in total. The molecule has 1 aliphatic rings. The minimum Gasteiger partial charge on any atom is -0.490 e. The summed E-state index contributed by atoms with van der Waals surface area (Å²) in [5.41, 5.74) is 0.670. The van der Waals surface area contributed by atoms with Crippen LogP contribution in [0.4, 0.5) is 5.69 Å². The molecule has 4 rings (SSSR count). The number of nitrogens with one attached hydrogen (secondary N) is 1. The van der Waals surface area contributed by atoms with Crippen molar-refractivity contribution in [1.29, 1.82) is 0 Å². The number of anilines is 1. The molecule has 0 fully saturated rings. The van der Waals surface area contributed by atoms with Gasteiger partial charge in [-0.1, -0.05) is 11.2 Å². The molecule has 3 heterocycles. The van der Waals surface area contributed by atoms with E-state index in [9.17, 15) is 4.79 Å². The van der Waals surface area contributed by atoms with Crippen LogP contribution in [0.25, 0.3) is 10.7 Å². The summed E-state index contributed by atoms with van der Waals surface area (Å²) in [6.07, 6.45) is 1.48. The molecule has 0 aliphatic carbocycles. The largest absolute Gasteiger partial charge is 0.490 e. The highest BCUT2D eigenvalue weighted by atomic mass is 32.1. The molecule has 2 aromatic heterocycles. The van der Waals surface area contributed by atoms with Gasteiger partial charge in [-0.05, 0) is 23.6 Å². The van der Waals surface area contributed by atoms with Crippen LogP contribution < -0.4 is 14.8 Å². The molecule has 8 heteroatoms. The molecule has 134 valence electrons. The van der Waals surface area contributed by atoms with E-state index in [0.29, 0.717) is 48.5 Å². The standard InChI is InChI=1S/C18H17N3O4S/c22-16(6-7-17-20-18(21-25-17)15-3-1-10-26-15)19-12-4-5-13-14(11-12)24-9-2-8-23-13/h1,3-5,10-11H,2,6-9H2,(H,19,22). The third-order valence-corrected chi connectivity index (χ3v) is 4.67. The van der Waals surface area contributed by atoms with E-state index in [-0.39, 0.29) is 12.3 Å². The van der Waals surface area contributed by atoms with Gasteiger partial charge in [-0.2, -0.15) is 4.98 Å². The molecule has 1 amide bonds. The van der Waals surface area contributed by atoms with E-state index in [2.05, 4.69) is 15.5 Å². The van der Waals surface area contributed by atoms with Gasteiger partial charge in [-0.3, -0.25) is 4.79 Å². The zero-order valence-corrected chi connectivity index (χ0v) is 14.8. The van der Waals surface area contributed by atoms with Crippen LogP contribution in [0.15, 0.2) is 40.2 Å². The molecule has 0 atom stereocenters. The third kappa shape index (κ3) is 3.85. The van der Waals surface area contributed by atoms with Crippen molar-refractivity contribution >= 4 is 22.9 Å². The van der Waals surface area contributed by atoms with Gasteiger partial charge in [0.2, 0.25) is 17.6 Å². The Morgan fingerprint density at radius 3 is 2.92 bits per heavy atom. The summed E-state index contributed by atoms with van der Waals surface area (Å²) in [5.74, 6) is 2.22. The predicted octanol–water partition coefficient (Wildman–Crippen LogP) is 3.53. The highest BCUT2D eigenvalue weighted by molar-refractivity contribution is 7.13. The Bertz CT molecular complexity index is 892. The number of nitrogens with zero attached hydrogens (tertiary/aromatic N) is 2. The number of aryl methyl sites for hydroxylation is 1. The Morgan fingerprint density at radius 2 is 2.08 bits per heavy atom. The van der Waals surface area contributed by atoms with Crippen LogP contribution in [0.2, 0.25) is 0 Å². The zero-order valence-electron chi connectivity index (χ0n) is 13.9. The van der Waals surface area contributed by atoms with E-state index in [0.717, 1.165) is 11.3 Å². The van der Waals surface area contributed by atoms with Crippen LogP contribution >= 0.6 is 11.3 Å². The Balaban J connectivity index is 1.34. The van der Waals surface area contributed by atoms with E-state index in [1.807, 2.05) is 23.6 Å². The lowest BCUT2D eigenvalue weighted by atomic mass is 10.2. The summed E-state index contributed by atoms with van der Waals surface area (Å²) in [6, 6.07) is 9.24. The van der Waals surface area contributed by atoms with Crippen LogP contribution in [-0.4, -0.2) is 29.3 Å². The summed E-state index contributed by atoms with van der Waals surface area (Å²) < 4.78 is 16.4. The molecule has 0 saturated heterocycles. The summed E-state index contributed by atoms with van der Waals surface area (Å²) in [4.78, 5) is 17.4. The maximum Gasteiger partial charge on any atom is 0.227 e. The van der Waals surface area contributed by atoms with Gasteiger partial charge in [-0.25, -0.2) is 0 Å². The van der Waals surface area contributed by atoms with E-state index >= 15 is 0 Å². The second-order valence-corrected chi connectivity index (χ2v) is 6.70. The first-order chi connectivity index (χ1) is 12.8. The Hall–Kier alpha value is -2.87. The molecular weight excluding hydrogens is 354 g/mol. The zero-order chi connectivity index (χ0) is 17.8. The lowest BCUT2D eigenvalue weighted by molar-refractivity contribution is -0.116. The lowest BCUT2D eigenvalue weighted by Gasteiger charge is -2.10. The van der Waals surface area contributed by atoms with Gasteiger partial charge in [0.1, 0.15) is 0 Å².